The molecule has 3 rings (SSSR count). The Kier molecular flexibility index (Phi) is 9.54. The quantitative estimate of drug-likeness (QED) is 0.232. The van der Waals surface area contributed by atoms with Crippen molar-refractivity contribution in [1.29, 1.82) is 0 Å². The summed E-state index contributed by atoms with van der Waals surface area (Å²) >= 11 is 0. The standard InChI is InChI=1S/C30H28O8/c1-5-27(31)35-23-15-13-21(17-25(23)37-29(33)7-3)19-9-11-20(12-10-19)22-14-16-24(36-28(32)6-2)26(18-22)38-30(34)8-4/h5-8,13-20H,1-4,9-12H2. The number of carbonyl (C=O) groups is 4. The second-order valence-electron chi connectivity index (χ2n) is 8.46. The maximum atomic E-state index is 11.8. The van der Waals surface area contributed by atoms with Gasteiger partial charge in [-0.05, 0) is 72.9 Å². The van der Waals surface area contributed by atoms with Crippen LogP contribution in [0.15, 0.2) is 87.0 Å². The van der Waals surface area contributed by atoms with E-state index in [-0.39, 0.29) is 34.8 Å². The van der Waals surface area contributed by atoms with Crippen LogP contribution in [0.4, 0.5) is 0 Å². The van der Waals surface area contributed by atoms with E-state index in [0.29, 0.717) is 0 Å². The van der Waals surface area contributed by atoms with Crippen molar-refractivity contribution >= 4 is 23.9 Å². The minimum Gasteiger partial charge on any atom is -0.419 e. The first-order chi connectivity index (χ1) is 18.3. The average Bonchev–Trinajstić information content (AvgIpc) is 2.94. The van der Waals surface area contributed by atoms with Gasteiger partial charge in [-0.1, -0.05) is 38.4 Å². The zero-order valence-electron chi connectivity index (χ0n) is 20.9. The van der Waals surface area contributed by atoms with Crippen LogP contribution in [0.25, 0.3) is 0 Å². The van der Waals surface area contributed by atoms with Crippen molar-refractivity contribution in [3.63, 3.8) is 0 Å². The Balaban J connectivity index is 1.77. The summed E-state index contributed by atoms with van der Waals surface area (Å²) in [6, 6.07) is 10.3. The molecule has 38 heavy (non-hydrogen) atoms. The summed E-state index contributed by atoms with van der Waals surface area (Å²) in [4.78, 5) is 47.0. The number of ether oxygens (including phenoxy) is 4. The van der Waals surface area contributed by atoms with Gasteiger partial charge in [0, 0.05) is 24.3 Å². The Bertz CT molecular complexity index is 1180. The smallest absolute Gasteiger partial charge is 0.335 e. The first kappa shape index (κ1) is 27.9. The summed E-state index contributed by atoms with van der Waals surface area (Å²) in [5, 5.41) is 0. The monoisotopic (exact) mass is 516 g/mol. The fourth-order valence-electron chi connectivity index (χ4n) is 4.25. The molecule has 1 fully saturated rings. The van der Waals surface area contributed by atoms with Gasteiger partial charge in [-0.15, -0.1) is 0 Å². The van der Waals surface area contributed by atoms with Crippen molar-refractivity contribution in [3.8, 4) is 23.0 Å². The largest absolute Gasteiger partial charge is 0.419 e. The van der Waals surface area contributed by atoms with Crippen molar-refractivity contribution in [3.05, 3.63) is 98.1 Å². The fourth-order valence-corrected chi connectivity index (χ4v) is 4.25. The molecule has 0 bridgehead atoms. The highest BCUT2D eigenvalue weighted by Crippen LogP contribution is 2.44. The van der Waals surface area contributed by atoms with E-state index in [4.69, 9.17) is 18.9 Å². The molecule has 196 valence electrons. The zero-order valence-corrected chi connectivity index (χ0v) is 20.9. The molecule has 0 radical (unpaired) electrons. The maximum absolute atomic E-state index is 11.8. The first-order valence-electron chi connectivity index (χ1n) is 11.9. The van der Waals surface area contributed by atoms with Crippen LogP contribution in [0, 0.1) is 0 Å². The minimum atomic E-state index is -0.670. The molecule has 2 aromatic rings. The lowest BCUT2D eigenvalue weighted by molar-refractivity contribution is -0.131. The number of carbonyl (C=O) groups excluding carboxylic acids is 4. The summed E-state index contributed by atoms with van der Waals surface area (Å²) in [7, 11) is 0. The van der Waals surface area contributed by atoms with E-state index in [2.05, 4.69) is 26.3 Å². The lowest BCUT2D eigenvalue weighted by atomic mass is 9.76. The van der Waals surface area contributed by atoms with Crippen LogP contribution in [0.3, 0.4) is 0 Å². The molecule has 1 aliphatic rings. The second-order valence-corrected chi connectivity index (χ2v) is 8.46. The van der Waals surface area contributed by atoms with E-state index >= 15 is 0 Å². The predicted octanol–water partition coefficient (Wildman–Crippen LogP) is 5.49. The molecule has 1 aliphatic carbocycles. The second kappa shape index (κ2) is 13.0. The van der Waals surface area contributed by atoms with Crippen LogP contribution in [-0.4, -0.2) is 23.9 Å². The van der Waals surface area contributed by atoms with Crippen LogP contribution in [-0.2, 0) is 19.2 Å². The van der Waals surface area contributed by atoms with E-state index in [9.17, 15) is 19.2 Å². The van der Waals surface area contributed by atoms with Gasteiger partial charge < -0.3 is 18.9 Å². The van der Waals surface area contributed by atoms with Crippen LogP contribution >= 0.6 is 0 Å². The number of hydrogen-bond donors (Lipinski definition) is 0. The van der Waals surface area contributed by atoms with E-state index in [1.54, 1.807) is 24.3 Å². The molecule has 0 atom stereocenters. The molecule has 1 saturated carbocycles. The van der Waals surface area contributed by atoms with Gasteiger partial charge in [0.05, 0.1) is 0 Å². The predicted molar refractivity (Wildman–Crippen MR) is 140 cm³/mol. The van der Waals surface area contributed by atoms with Crippen molar-refractivity contribution in [2.24, 2.45) is 0 Å². The molecule has 8 heteroatoms. The van der Waals surface area contributed by atoms with Crippen molar-refractivity contribution in [2.45, 2.75) is 37.5 Å². The van der Waals surface area contributed by atoms with Crippen LogP contribution in [0.2, 0.25) is 0 Å². The molecule has 0 N–H and O–H groups in total. The number of hydrogen-bond acceptors (Lipinski definition) is 8. The topological polar surface area (TPSA) is 105 Å². The molecular formula is C30H28O8. The Morgan fingerprint density at radius 2 is 0.816 bits per heavy atom. The van der Waals surface area contributed by atoms with Gasteiger partial charge in [-0.3, -0.25) is 0 Å². The van der Waals surface area contributed by atoms with Crippen LogP contribution < -0.4 is 18.9 Å². The number of esters is 4. The van der Waals surface area contributed by atoms with Gasteiger partial charge in [-0.25, -0.2) is 19.2 Å². The maximum Gasteiger partial charge on any atom is 0.335 e. The van der Waals surface area contributed by atoms with E-state index in [1.165, 1.54) is 0 Å². The van der Waals surface area contributed by atoms with E-state index in [0.717, 1.165) is 61.1 Å². The molecule has 0 aliphatic heterocycles. The van der Waals surface area contributed by atoms with Gasteiger partial charge in [0.2, 0.25) is 0 Å². The van der Waals surface area contributed by atoms with Gasteiger partial charge in [-0.2, -0.15) is 0 Å². The Morgan fingerprint density at radius 3 is 1.11 bits per heavy atom. The van der Waals surface area contributed by atoms with Gasteiger partial charge >= 0.3 is 23.9 Å². The Morgan fingerprint density at radius 1 is 0.526 bits per heavy atom. The lowest BCUT2D eigenvalue weighted by Crippen LogP contribution is -2.14. The van der Waals surface area contributed by atoms with E-state index in [1.807, 2.05) is 12.1 Å². The van der Waals surface area contributed by atoms with E-state index < -0.39 is 23.9 Å². The lowest BCUT2D eigenvalue weighted by Gasteiger charge is -2.29. The highest BCUT2D eigenvalue weighted by Gasteiger charge is 2.26. The van der Waals surface area contributed by atoms with Crippen molar-refractivity contribution < 1.29 is 38.1 Å². The molecule has 0 aromatic heterocycles. The Labute approximate surface area is 220 Å². The highest BCUT2D eigenvalue weighted by atomic mass is 16.6. The van der Waals surface area contributed by atoms with Gasteiger partial charge in [0.1, 0.15) is 0 Å². The third-order valence-electron chi connectivity index (χ3n) is 6.11. The van der Waals surface area contributed by atoms with Crippen LogP contribution in [0.1, 0.15) is 48.6 Å². The summed E-state index contributed by atoms with van der Waals surface area (Å²) in [5.74, 6) is -1.83. The van der Waals surface area contributed by atoms with Gasteiger partial charge in [0.25, 0.3) is 0 Å². The first-order valence-corrected chi connectivity index (χ1v) is 11.9. The highest BCUT2D eigenvalue weighted by molar-refractivity contribution is 5.87. The van der Waals surface area contributed by atoms with Crippen molar-refractivity contribution in [1.82, 2.24) is 0 Å². The molecule has 0 spiro atoms. The summed E-state index contributed by atoms with van der Waals surface area (Å²) in [5.41, 5.74) is 1.89. The fraction of sp³-hybridized carbons (Fsp3) is 0.200. The van der Waals surface area contributed by atoms with Crippen molar-refractivity contribution in [2.75, 3.05) is 0 Å². The average molecular weight is 517 g/mol. The zero-order chi connectivity index (χ0) is 27.7. The van der Waals surface area contributed by atoms with Crippen LogP contribution in [0.5, 0.6) is 23.0 Å². The third-order valence-corrected chi connectivity index (χ3v) is 6.11. The summed E-state index contributed by atoms with van der Waals surface area (Å²) < 4.78 is 21.0. The molecule has 0 unspecified atom stereocenters. The summed E-state index contributed by atoms with van der Waals surface area (Å²) in [6.07, 6.45) is 7.44. The molecule has 8 nitrogen and oxygen atoms in total. The third kappa shape index (κ3) is 7.16. The summed E-state index contributed by atoms with van der Waals surface area (Å²) in [6.45, 7) is 13.6. The molecule has 0 saturated heterocycles. The molecular weight excluding hydrogens is 488 g/mol. The normalized spacial score (nSPS) is 16.3. The van der Waals surface area contributed by atoms with Gasteiger partial charge in [0.15, 0.2) is 23.0 Å². The molecule has 0 amide bonds. The number of rotatable bonds is 10. The SMILES string of the molecule is C=CC(=O)Oc1ccc(C2CCC(c3ccc(OC(=O)C=C)c(OC(=O)C=C)c3)CC2)cc1OC(=O)C=C. The minimum absolute atomic E-state index is 0.112. The Hall–Kier alpha value is -4.72. The molecule has 0 heterocycles. The molecule has 2 aromatic carbocycles. The number of benzene rings is 2.